The van der Waals surface area contributed by atoms with E-state index in [2.05, 4.69) is 0 Å². The zero-order valence-corrected chi connectivity index (χ0v) is 22.6. The highest BCUT2D eigenvalue weighted by Gasteiger charge is 2.57. The maximum atomic E-state index is 13.4. The van der Waals surface area contributed by atoms with Gasteiger partial charge in [0, 0.05) is 35.0 Å². The van der Waals surface area contributed by atoms with Gasteiger partial charge in [-0.2, -0.15) is 0 Å². The lowest BCUT2D eigenvalue weighted by Crippen LogP contribution is -2.44. The van der Waals surface area contributed by atoms with Crippen molar-refractivity contribution < 1.29 is 38.9 Å². The Morgan fingerprint density at radius 2 is 1.89 bits per heavy atom. The van der Waals surface area contributed by atoms with Crippen molar-refractivity contribution in [2.75, 3.05) is 0 Å². The largest absolute Gasteiger partial charge is 0.481 e. The minimum absolute atomic E-state index is 0.00618. The van der Waals surface area contributed by atoms with Gasteiger partial charge >= 0.3 is 17.9 Å². The lowest BCUT2D eigenvalue weighted by Gasteiger charge is -2.38. The molecule has 2 heterocycles. The van der Waals surface area contributed by atoms with Gasteiger partial charge in [-0.3, -0.25) is 14.4 Å². The Morgan fingerprint density at radius 1 is 1.24 bits per heavy atom. The fraction of sp³-hybridized carbons (Fsp3) is 0.393. The van der Waals surface area contributed by atoms with E-state index in [1.165, 1.54) is 37.1 Å². The van der Waals surface area contributed by atoms with E-state index in [1.807, 2.05) is 19.9 Å². The number of carbonyl (C=O) groups excluding carboxylic acids is 3. The zero-order chi connectivity index (χ0) is 28.5. The molecule has 0 aromatic carbocycles. The normalized spacial score (nSPS) is 23.1. The summed E-state index contributed by atoms with van der Waals surface area (Å²) in [6, 6.07) is -1.30. The first-order valence-corrected chi connectivity index (χ1v) is 12.6. The first-order chi connectivity index (χ1) is 17.8. The molecule has 202 valence electrons. The van der Waals surface area contributed by atoms with E-state index in [-0.39, 0.29) is 45.2 Å². The van der Waals surface area contributed by atoms with Crippen LogP contribution in [0, 0.1) is 5.92 Å². The minimum Gasteiger partial charge on any atom is -0.481 e. The van der Waals surface area contributed by atoms with Crippen molar-refractivity contribution in [2.24, 2.45) is 5.92 Å². The molecule has 0 saturated carbocycles. The molecular weight excluding hydrogens is 514 g/mol. The second kappa shape index (κ2) is 10.9. The van der Waals surface area contributed by atoms with Crippen LogP contribution in [0.3, 0.4) is 0 Å². The van der Waals surface area contributed by atoms with Gasteiger partial charge in [-0.05, 0) is 50.8 Å². The van der Waals surface area contributed by atoms with Crippen molar-refractivity contribution in [1.29, 1.82) is 0 Å². The summed E-state index contributed by atoms with van der Waals surface area (Å²) in [4.78, 5) is 64.5. The van der Waals surface area contributed by atoms with Gasteiger partial charge in [-0.1, -0.05) is 44.0 Å². The summed E-state index contributed by atoms with van der Waals surface area (Å²) in [5.74, 6) is -4.59. The topological polar surface area (TPSA) is 138 Å². The van der Waals surface area contributed by atoms with Gasteiger partial charge in [0.15, 0.2) is 11.4 Å². The number of rotatable bonds is 10. The van der Waals surface area contributed by atoms with Gasteiger partial charge in [0.1, 0.15) is 11.6 Å². The molecule has 0 spiro atoms. The van der Waals surface area contributed by atoms with Gasteiger partial charge in [0.2, 0.25) is 5.78 Å². The molecule has 9 nitrogen and oxygen atoms in total. The summed E-state index contributed by atoms with van der Waals surface area (Å²) in [5.41, 5.74) is -1.17. The number of aliphatic carboxylic acids is 2. The molecule has 0 unspecified atom stereocenters. The SMILES string of the molecule is C/C=C(\C)C(=O)C1=C2C3=CN([C@@H](CCC(=O)O)C(=O)O)C(/C=C/[C@@H](C)CC)=CC3=C(Cl)C(=O)[C@@]2(C)OC1=O. The fourth-order valence-corrected chi connectivity index (χ4v) is 4.79. The molecule has 2 N–H and O–H groups in total. The number of allylic oxidation sites excluding steroid dienone is 6. The third-order valence-corrected chi connectivity index (χ3v) is 7.40. The van der Waals surface area contributed by atoms with Crippen LogP contribution in [-0.2, 0) is 28.7 Å². The van der Waals surface area contributed by atoms with Crippen molar-refractivity contribution in [3.8, 4) is 0 Å². The van der Waals surface area contributed by atoms with Gasteiger partial charge < -0.3 is 19.8 Å². The molecule has 0 aromatic heterocycles. The molecule has 38 heavy (non-hydrogen) atoms. The van der Waals surface area contributed by atoms with Crippen LogP contribution in [0.25, 0.3) is 0 Å². The van der Waals surface area contributed by atoms with Crippen LogP contribution in [0.5, 0.6) is 0 Å². The zero-order valence-electron chi connectivity index (χ0n) is 21.8. The summed E-state index contributed by atoms with van der Waals surface area (Å²) >= 11 is 6.51. The highest BCUT2D eigenvalue weighted by Crippen LogP contribution is 2.50. The number of Topliss-reactive ketones (excluding diaryl/α,β-unsaturated/α-hetero) is 2. The second-order valence-corrected chi connectivity index (χ2v) is 9.96. The van der Waals surface area contributed by atoms with E-state index in [1.54, 1.807) is 13.0 Å². The number of fused-ring (bicyclic) bond motifs is 3. The molecule has 3 aliphatic rings. The third-order valence-electron chi connectivity index (χ3n) is 7.03. The minimum atomic E-state index is -1.88. The summed E-state index contributed by atoms with van der Waals surface area (Å²) in [7, 11) is 0. The summed E-state index contributed by atoms with van der Waals surface area (Å²) in [6.07, 6.45) is 8.18. The Hall–Kier alpha value is -3.72. The Morgan fingerprint density at radius 3 is 2.45 bits per heavy atom. The average Bonchev–Trinajstić information content (AvgIpc) is 3.15. The second-order valence-electron chi connectivity index (χ2n) is 9.58. The maximum Gasteiger partial charge on any atom is 0.343 e. The van der Waals surface area contributed by atoms with Crippen molar-refractivity contribution in [3.63, 3.8) is 0 Å². The van der Waals surface area contributed by atoms with Gasteiger partial charge in [-0.15, -0.1) is 0 Å². The number of carbonyl (C=O) groups is 5. The van der Waals surface area contributed by atoms with Crippen molar-refractivity contribution >= 4 is 41.1 Å². The number of ether oxygens (including phenoxy) is 1. The van der Waals surface area contributed by atoms with Gasteiger partial charge in [-0.25, -0.2) is 9.59 Å². The number of esters is 1. The highest BCUT2D eigenvalue weighted by atomic mass is 35.5. The molecule has 3 rings (SSSR count). The first-order valence-electron chi connectivity index (χ1n) is 12.2. The Labute approximate surface area is 225 Å². The summed E-state index contributed by atoms with van der Waals surface area (Å²) < 4.78 is 5.44. The molecule has 0 radical (unpaired) electrons. The Kier molecular flexibility index (Phi) is 8.31. The van der Waals surface area contributed by atoms with Crippen molar-refractivity contribution in [3.05, 3.63) is 69.1 Å². The molecule has 3 atom stereocenters. The number of carboxylic acid groups (broad SMARTS) is 2. The van der Waals surface area contributed by atoms with Crippen LogP contribution >= 0.6 is 11.6 Å². The highest BCUT2D eigenvalue weighted by molar-refractivity contribution is 6.46. The quantitative estimate of drug-likeness (QED) is 0.235. The lowest BCUT2D eigenvalue weighted by molar-refractivity contribution is -0.153. The number of hydrogen-bond acceptors (Lipinski definition) is 7. The van der Waals surface area contributed by atoms with Crippen molar-refractivity contribution in [1.82, 2.24) is 4.90 Å². The summed E-state index contributed by atoms with van der Waals surface area (Å²) in [6.45, 7) is 8.46. The van der Waals surface area contributed by atoms with Gasteiger partial charge in [0.05, 0.1) is 5.03 Å². The van der Waals surface area contributed by atoms with Crippen LogP contribution in [0.2, 0.25) is 0 Å². The molecule has 0 fully saturated rings. The van der Waals surface area contributed by atoms with E-state index in [4.69, 9.17) is 16.3 Å². The predicted molar refractivity (Wildman–Crippen MR) is 139 cm³/mol. The van der Waals surface area contributed by atoms with E-state index >= 15 is 0 Å². The fourth-order valence-electron chi connectivity index (χ4n) is 4.45. The molecule has 0 saturated heterocycles. The molecule has 10 heteroatoms. The van der Waals surface area contributed by atoms with E-state index in [9.17, 15) is 34.2 Å². The van der Waals surface area contributed by atoms with Crippen LogP contribution in [0.4, 0.5) is 0 Å². The monoisotopic (exact) mass is 543 g/mol. The van der Waals surface area contributed by atoms with Gasteiger partial charge in [0.25, 0.3) is 0 Å². The number of halogens is 1. The van der Waals surface area contributed by atoms with E-state index in [0.29, 0.717) is 5.70 Å². The number of hydrogen-bond donors (Lipinski definition) is 2. The van der Waals surface area contributed by atoms with Crippen LogP contribution < -0.4 is 0 Å². The molecule has 0 bridgehead atoms. The smallest absolute Gasteiger partial charge is 0.343 e. The van der Waals surface area contributed by atoms with E-state index < -0.39 is 47.5 Å². The average molecular weight is 544 g/mol. The third kappa shape index (κ3) is 5.03. The van der Waals surface area contributed by atoms with Crippen LogP contribution in [-0.4, -0.2) is 56.2 Å². The molecular formula is C28H30ClNO8. The number of ketones is 2. The Bertz CT molecular complexity index is 1310. The Balaban J connectivity index is 2.34. The van der Waals surface area contributed by atoms with Crippen LogP contribution in [0.1, 0.15) is 53.9 Å². The lowest BCUT2D eigenvalue weighted by atomic mass is 9.74. The predicted octanol–water partition coefficient (Wildman–Crippen LogP) is 4.21. The van der Waals surface area contributed by atoms with Crippen molar-refractivity contribution in [2.45, 2.75) is 65.5 Å². The molecule has 0 amide bonds. The maximum absolute atomic E-state index is 13.4. The summed E-state index contributed by atoms with van der Waals surface area (Å²) in [5, 5.41) is 19.0. The number of carboxylic acids is 2. The van der Waals surface area contributed by atoms with Crippen LogP contribution in [0.15, 0.2) is 69.1 Å². The molecule has 0 aromatic rings. The first kappa shape index (κ1) is 28.8. The number of nitrogens with zero attached hydrogens (tertiary/aromatic N) is 1. The van der Waals surface area contributed by atoms with E-state index in [0.717, 1.165) is 6.42 Å². The molecule has 2 aliphatic heterocycles. The standard InChI is InChI=1S/C28H30ClNO8/c1-6-14(3)8-9-16-12-17-18(13-30(16)19(26(35)36)10-11-20(31)32)22-21(24(33)15(4)7-2)27(37)38-28(22,5)25(34)23(17)29/h7-9,12-14,19H,6,10-11H2,1-5H3,(H,31,32)(H,35,36)/b9-8+,15-7+/t14-,19-,28-/m0/s1. The molecule has 1 aliphatic carbocycles.